The molecule has 0 bridgehead atoms. The molecular formula is C12H22N4O3S. The molecule has 1 fully saturated rings. The van der Waals surface area contributed by atoms with Crippen LogP contribution in [0, 0.1) is 13.8 Å². The third-order valence-electron chi connectivity index (χ3n) is 3.42. The molecule has 8 heteroatoms. The SMILES string of the molecule is Cc1cc(C)n(CCN(C)S(=O)(=O)N2CCOCC2)n1. The number of aromatic nitrogens is 2. The Bertz CT molecular complexity index is 549. The molecule has 1 aromatic heterocycles. The van der Waals surface area contributed by atoms with E-state index in [0.717, 1.165) is 11.4 Å². The lowest BCUT2D eigenvalue weighted by molar-refractivity contribution is 0.0705. The van der Waals surface area contributed by atoms with E-state index in [1.807, 2.05) is 24.6 Å². The monoisotopic (exact) mass is 302 g/mol. The smallest absolute Gasteiger partial charge is 0.281 e. The van der Waals surface area contributed by atoms with Crippen LogP contribution < -0.4 is 0 Å². The van der Waals surface area contributed by atoms with Gasteiger partial charge in [0, 0.05) is 32.4 Å². The summed E-state index contributed by atoms with van der Waals surface area (Å²) in [5.74, 6) is 0. The van der Waals surface area contributed by atoms with Gasteiger partial charge in [-0.25, -0.2) is 0 Å². The number of morpholine rings is 1. The molecule has 114 valence electrons. The van der Waals surface area contributed by atoms with Gasteiger partial charge in [0.05, 0.1) is 25.5 Å². The third-order valence-corrected chi connectivity index (χ3v) is 5.41. The van der Waals surface area contributed by atoms with Crippen LogP contribution in [0.4, 0.5) is 0 Å². The van der Waals surface area contributed by atoms with Gasteiger partial charge in [-0.2, -0.15) is 22.1 Å². The minimum atomic E-state index is -3.39. The minimum Gasteiger partial charge on any atom is -0.379 e. The highest BCUT2D eigenvalue weighted by molar-refractivity contribution is 7.86. The second-order valence-corrected chi connectivity index (χ2v) is 7.03. The lowest BCUT2D eigenvalue weighted by atomic mass is 10.4. The summed E-state index contributed by atoms with van der Waals surface area (Å²) < 4.78 is 34.6. The zero-order valence-electron chi connectivity index (χ0n) is 12.2. The Balaban J connectivity index is 1.96. The molecule has 1 aromatic rings. The Morgan fingerprint density at radius 2 is 2.00 bits per heavy atom. The van der Waals surface area contributed by atoms with Gasteiger partial charge >= 0.3 is 0 Å². The van der Waals surface area contributed by atoms with Crippen molar-refractivity contribution >= 4 is 10.2 Å². The first kappa shape index (κ1) is 15.4. The van der Waals surface area contributed by atoms with Gasteiger partial charge in [-0.3, -0.25) is 4.68 Å². The van der Waals surface area contributed by atoms with Crippen LogP contribution >= 0.6 is 0 Å². The van der Waals surface area contributed by atoms with Crippen molar-refractivity contribution in [3.8, 4) is 0 Å². The summed E-state index contributed by atoms with van der Waals surface area (Å²) in [7, 11) is -1.79. The summed E-state index contributed by atoms with van der Waals surface area (Å²) in [4.78, 5) is 0. The zero-order valence-corrected chi connectivity index (χ0v) is 13.1. The Labute approximate surface area is 120 Å². The molecule has 1 saturated heterocycles. The second-order valence-electron chi connectivity index (χ2n) is 4.99. The fraction of sp³-hybridized carbons (Fsp3) is 0.750. The van der Waals surface area contributed by atoms with Gasteiger partial charge in [-0.05, 0) is 19.9 Å². The predicted molar refractivity (Wildman–Crippen MR) is 75.6 cm³/mol. The molecule has 0 atom stereocenters. The van der Waals surface area contributed by atoms with Crippen LogP contribution in [0.3, 0.4) is 0 Å². The lowest BCUT2D eigenvalue weighted by Crippen LogP contribution is -2.47. The summed E-state index contributed by atoms with van der Waals surface area (Å²) in [5, 5.41) is 4.34. The summed E-state index contributed by atoms with van der Waals surface area (Å²) in [5.41, 5.74) is 1.99. The van der Waals surface area contributed by atoms with E-state index in [-0.39, 0.29) is 0 Å². The van der Waals surface area contributed by atoms with Gasteiger partial charge < -0.3 is 4.74 Å². The third kappa shape index (κ3) is 3.38. The van der Waals surface area contributed by atoms with Crippen molar-refractivity contribution in [2.24, 2.45) is 0 Å². The van der Waals surface area contributed by atoms with E-state index in [2.05, 4.69) is 5.10 Å². The summed E-state index contributed by atoms with van der Waals surface area (Å²) in [6, 6.07) is 1.98. The molecule has 0 aliphatic carbocycles. The van der Waals surface area contributed by atoms with E-state index < -0.39 is 10.2 Å². The number of hydrogen-bond acceptors (Lipinski definition) is 4. The van der Waals surface area contributed by atoms with Crippen molar-refractivity contribution in [3.05, 3.63) is 17.5 Å². The van der Waals surface area contributed by atoms with Crippen molar-refractivity contribution < 1.29 is 13.2 Å². The average Bonchev–Trinajstić information content (AvgIpc) is 2.75. The fourth-order valence-corrected chi connectivity index (χ4v) is 3.54. The Hall–Kier alpha value is -0.960. The van der Waals surface area contributed by atoms with Gasteiger partial charge in [0.1, 0.15) is 0 Å². The molecule has 0 spiro atoms. The predicted octanol–water partition coefficient (Wildman–Crippen LogP) is 0.00874. The number of ether oxygens (including phenoxy) is 1. The van der Waals surface area contributed by atoms with Crippen LogP contribution in [-0.4, -0.2) is 66.7 Å². The molecule has 1 aliphatic rings. The van der Waals surface area contributed by atoms with Crippen LogP contribution in [0.2, 0.25) is 0 Å². The average molecular weight is 302 g/mol. The van der Waals surface area contributed by atoms with Crippen LogP contribution in [0.25, 0.3) is 0 Å². The van der Waals surface area contributed by atoms with E-state index in [1.165, 1.54) is 8.61 Å². The summed E-state index contributed by atoms with van der Waals surface area (Å²) in [6.07, 6.45) is 0. The number of rotatable bonds is 5. The van der Waals surface area contributed by atoms with Crippen molar-refractivity contribution in [1.29, 1.82) is 0 Å². The summed E-state index contributed by atoms with van der Waals surface area (Å²) >= 11 is 0. The highest BCUT2D eigenvalue weighted by Gasteiger charge is 2.28. The van der Waals surface area contributed by atoms with Gasteiger partial charge in [0.25, 0.3) is 10.2 Å². The second kappa shape index (κ2) is 6.21. The van der Waals surface area contributed by atoms with E-state index in [4.69, 9.17) is 4.74 Å². The first-order valence-corrected chi connectivity index (χ1v) is 8.11. The number of likely N-dealkylation sites (N-methyl/N-ethyl adjacent to an activating group) is 1. The molecule has 0 unspecified atom stereocenters. The highest BCUT2D eigenvalue weighted by atomic mass is 32.2. The number of nitrogens with zero attached hydrogens (tertiary/aromatic N) is 4. The van der Waals surface area contributed by atoms with E-state index in [1.54, 1.807) is 7.05 Å². The molecule has 0 amide bonds. The molecule has 1 aliphatic heterocycles. The Kier molecular flexibility index (Phi) is 4.79. The molecule has 2 rings (SSSR count). The van der Waals surface area contributed by atoms with Crippen LogP contribution in [0.1, 0.15) is 11.4 Å². The van der Waals surface area contributed by atoms with Gasteiger partial charge in [-0.1, -0.05) is 0 Å². The highest BCUT2D eigenvalue weighted by Crippen LogP contribution is 2.10. The van der Waals surface area contributed by atoms with Crippen molar-refractivity contribution in [2.45, 2.75) is 20.4 Å². The summed E-state index contributed by atoms with van der Waals surface area (Å²) in [6.45, 7) is 6.63. The fourth-order valence-electron chi connectivity index (χ4n) is 2.23. The Morgan fingerprint density at radius 3 is 2.55 bits per heavy atom. The quantitative estimate of drug-likeness (QED) is 0.768. The van der Waals surface area contributed by atoms with Gasteiger partial charge in [0.15, 0.2) is 0 Å². The molecule has 0 aromatic carbocycles. The van der Waals surface area contributed by atoms with E-state index in [0.29, 0.717) is 39.4 Å². The van der Waals surface area contributed by atoms with Crippen molar-refractivity contribution in [3.63, 3.8) is 0 Å². The van der Waals surface area contributed by atoms with Crippen LogP contribution in [-0.2, 0) is 21.5 Å². The molecule has 0 radical (unpaired) electrons. The van der Waals surface area contributed by atoms with Crippen molar-refractivity contribution in [1.82, 2.24) is 18.4 Å². The molecular weight excluding hydrogens is 280 g/mol. The number of aryl methyl sites for hydroxylation is 2. The van der Waals surface area contributed by atoms with Gasteiger partial charge in [0.2, 0.25) is 0 Å². The molecule has 2 heterocycles. The molecule has 0 saturated carbocycles. The lowest BCUT2D eigenvalue weighted by Gasteiger charge is -2.30. The van der Waals surface area contributed by atoms with E-state index in [9.17, 15) is 8.42 Å². The maximum Gasteiger partial charge on any atom is 0.281 e. The Morgan fingerprint density at radius 1 is 1.35 bits per heavy atom. The van der Waals surface area contributed by atoms with Crippen molar-refractivity contribution in [2.75, 3.05) is 39.9 Å². The molecule has 0 N–H and O–H groups in total. The maximum absolute atomic E-state index is 12.4. The zero-order chi connectivity index (χ0) is 14.8. The first-order chi connectivity index (χ1) is 9.41. The van der Waals surface area contributed by atoms with Crippen LogP contribution in [0.15, 0.2) is 6.07 Å². The van der Waals surface area contributed by atoms with Crippen LogP contribution in [0.5, 0.6) is 0 Å². The normalized spacial score (nSPS) is 17.8. The topological polar surface area (TPSA) is 67.7 Å². The molecule has 7 nitrogen and oxygen atoms in total. The van der Waals surface area contributed by atoms with E-state index >= 15 is 0 Å². The van der Waals surface area contributed by atoms with Gasteiger partial charge in [-0.15, -0.1) is 0 Å². The minimum absolute atomic E-state index is 0.404. The standard InChI is InChI=1S/C12H22N4O3S/c1-11-10-12(2)16(13-11)5-4-14(3)20(17,18)15-6-8-19-9-7-15/h10H,4-9H2,1-3H3. The first-order valence-electron chi connectivity index (χ1n) is 6.71. The molecule has 20 heavy (non-hydrogen) atoms. The maximum atomic E-state index is 12.4. The largest absolute Gasteiger partial charge is 0.379 e. The number of hydrogen-bond donors (Lipinski definition) is 0.